The summed E-state index contributed by atoms with van der Waals surface area (Å²) in [5.41, 5.74) is 2.94. The van der Waals surface area contributed by atoms with Crippen LogP contribution in [0.15, 0.2) is 35.4 Å². The molecule has 1 aromatic rings. The molecule has 1 aromatic carbocycles. The molecular formula is C13H16O2. The fourth-order valence-corrected chi connectivity index (χ4v) is 1.45. The maximum Gasteiger partial charge on any atom is 0.120 e. The first kappa shape index (κ1) is 10.1. The van der Waals surface area contributed by atoms with Crippen LogP contribution in [0.25, 0.3) is 0 Å². The fourth-order valence-electron chi connectivity index (χ4n) is 1.45. The molecule has 0 spiro atoms. The molecule has 0 N–H and O–H groups in total. The predicted molar refractivity (Wildman–Crippen MR) is 60.4 cm³/mol. The average molecular weight is 204 g/mol. The topological polar surface area (TPSA) is 18.5 Å². The van der Waals surface area contributed by atoms with E-state index >= 15 is 0 Å². The molecule has 2 rings (SSSR count). The molecule has 0 aromatic heterocycles. The maximum absolute atomic E-state index is 5.66. The Bertz CT molecular complexity index is 357. The summed E-state index contributed by atoms with van der Waals surface area (Å²) < 4.78 is 10.7. The summed E-state index contributed by atoms with van der Waals surface area (Å²) in [5.74, 6) is 1.76. The van der Waals surface area contributed by atoms with Crippen LogP contribution in [0.2, 0.25) is 0 Å². The molecule has 2 nitrogen and oxygen atoms in total. The number of benzene rings is 1. The van der Waals surface area contributed by atoms with Crippen molar-refractivity contribution in [3.05, 3.63) is 35.4 Å². The van der Waals surface area contributed by atoms with Gasteiger partial charge < -0.3 is 9.47 Å². The second-order valence-corrected chi connectivity index (χ2v) is 3.85. The van der Waals surface area contributed by atoms with Gasteiger partial charge in [0.1, 0.15) is 18.1 Å². The van der Waals surface area contributed by atoms with Crippen molar-refractivity contribution in [2.24, 2.45) is 0 Å². The molecule has 0 aliphatic heterocycles. The Morgan fingerprint density at radius 2 is 1.73 bits per heavy atom. The van der Waals surface area contributed by atoms with E-state index in [1.54, 1.807) is 12.7 Å². The van der Waals surface area contributed by atoms with Gasteiger partial charge in [-0.1, -0.05) is 5.57 Å². The Balaban J connectivity index is 1.90. The first-order chi connectivity index (χ1) is 7.29. The summed E-state index contributed by atoms with van der Waals surface area (Å²) in [6.07, 6.45) is 2.52. The van der Waals surface area contributed by atoms with Gasteiger partial charge in [-0.2, -0.15) is 0 Å². The van der Waals surface area contributed by atoms with Crippen molar-refractivity contribution in [3.63, 3.8) is 0 Å². The number of allylic oxidation sites excluding steroid dienone is 1. The van der Waals surface area contributed by atoms with E-state index in [0.29, 0.717) is 6.61 Å². The lowest BCUT2D eigenvalue weighted by atomic mass is 10.3. The van der Waals surface area contributed by atoms with Crippen molar-refractivity contribution in [1.29, 1.82) is 0 Å². The molecule has 80 valence electrons. The van der Waals surface area contributed by atoms with Crippen LogP contribution in [0.3, 0.4) is 0 Å². The van der Waals surface area contributed by atoms with Gasteiger partial charge in [-0.25, -0.2) is 0 Å². The minimum Gasteiger partial charge on any atom is -0.497 e. The lowest BCUT2D eigenvalue weighted by molar-refractivity contribution is 0.350. The molecule has 0 bridgehead atoms. The largest absolute Gasteiger partial charge is 0.497 e. The summed E-state index contributed by atoms with van der Waals surface area (Å²) in [6.45, 7) is 2.85. The van der Waals surface area contributed by atoms with Crippen molar-refractivity contribution in [2.45, 2.75) is 19.8 Å². The van der Waals surface area contributed by atoms with Crippen LogP contribution in [-0.4, -0.2) is 13.7 Å². The van der Waals surface area contributed by atoms with Gasteiger partial charge in [0.15, 0.2) is 0 Å². The van der Waals surface area contributed by atoms with Crippen LogP contribution in [0.4, 0.5) is 0 Å². The number of methoxy groups -OCH3 is 1. The van der Waals surface area contributed by atoms with E-state index in [-0.39, 0.29) is 0 Å². The second kappa shape index (κ2) is 4.39. The highest BCUT2D eigenvalue weighted by atomic mass is 16.5. The van der Waals surface area contributed by atoms with Crippen molar-refractivity contribution in [2.75, 3.05) is 13.7 Å². The van der Waals surface area contributed by atoms with Crippen LogP contribution in [0.5, 0.6) is 11.5 Å². The van der Waals surface area contributed by atoms with Gasteiger partial charge in [0.2, 0.25) is 0 Å². The van der Waals surface area contributed by atoms with Gasteiger partial charge in [0, 0.05) is 0 Å². The van der Waals surface area contributed by atoms with Gasteiger partial charge in [-0.3, -0.25) is 0 Å². The standard InChI is InChI=1S/C13H16O2/c1-10(11-3-4-11)9-15-13-7-5-12(14-2)6-8-13/h5-8H,3-4,9H2,1-2H3. The molecule has 15 heavy (non-hydrogen) atoms. The molecule has 1 aliphatic carbocycles. The zero-order valence-electron chi connectivity index (χ0n) is 9.25. The quantitative estimate of drug-likeness (QED) is 0.701. The molecule has 1 fully saturated rings. The molecular weight excluding hydrogens is 188 g/mol. The Hall–Kier alpha value is -1.44. The third kappa shape index (κ3) is 2.75. The summed E-state index contributed by atoms with van der Waals surface area (Å²) in [7, 11) is 1.66. The smallest absolute Gasteiger partial charge is 0.120 e. The Labute approximate surface area is 90.5 Å². The van der Waals surface area contributed by atoms with E-state index in [1.807, 2.05) is 24.3 Å². The molecule has 2 heteroatoms. The lowest BCUT2D eigenvalue weighted by Gasteiger charge is -2.06. The highest BCUT2D eigenvalue weighted by Gasteiger charge is 2.14. The Morgan fingerprint density at radius 1 is 1.13 bits per heavy atom. The lowest BCUT2D eigenvalue weighted by Crippen LogP contribution is -1.98. The van der Waals surface area contributed by atoms with Crippen molar-refractivity contribution in [1.82, 2.24) is 0 Å². The first-order valence-corrected chi connectivity index (χ1v) is 5.24. The highest BCUT2D eigenvalue weighted by Crippen LogP contribution is 2.31. The van der Waals surface area contributed by atoms with Gasteiger partial charge in [0.25, 0.3) is 0 Å². The number of hydrogen-bond acceptors (Lipinski definition) is 2. The Morgan fingerprint density at radius 3 is 2.27 bits per heavy atom. The van der Waals surface area contributed by atoms with Crippen LogP contribution in [-0.2, 0) is 0 Å². The number of rotatable bonds is 4. The van der Waals surface area contributed by atoms with Crippen molar-refractivity contribution >= 4 is 0 Å². The molecule has 1 saturated carbocycles. The number of hydrogen-bond donors (Lipinski definition) is 0. The SMILES string of the molecule is COc1ccc(OCC(C)=C2CC2)cc1. The third-order valence-corrected chi connectivity index (χ3v) is 2.62. The zero-order valence-corrected chi connectivity index (χ0v) is 9.25. The third-order valence-electron chi connectivity index (χ3n) is 2.62. The minimum absolute atomic E-state index is 0.710. The predicted octanol–water partition coefficient (Wildman–Crippen LogP) is 3.18. The summed E-state index contributed by atoms with van der Waals surface area (Å²) in [4.78, 5) is 0. The van der Waals surface area contributed by atoms with Crippen LogP contribution in [0, 0.1) is 0 Å². The van der Waals surface area contributed by atoms with Crippen molar-refractivity contribution < 1.29 is 9.47 Å². The van der Waals surface area contributed by atoms with Crippen LogP contribution in [0.1, 0.15) is 19.8 Å². The monoisotopic (exact) mass is 204 g/mol. The zero-order chi connectivity index (χ0) is 10.7. The Kier molecular flexibility index (Phi) is 2.95. The molecule has 1 aliphatic rings. The van der Waals surface area contributed by atoms with E-state index in [4.69, 9.17) is 9.47 Å². The van der Waals surface area contributed by atoms with Gasteiger partial charge in [-0.05, 0) is 49.6 Å². The highest BCUT2D eigenvalue weighted by molar-refractivity contribution is 5.32. The summed E-state index contributed by atoms with van der Waals surface area (Å²) >= 11 is 0. The fraction of sp³-hybridized carbons (Fsp3) is 0.385. The summed E-state index contributed by atoms with van der Waals surface area (Å²) in [6, 6.07) is 7.69. The molecule has 0 radical (unpaired) electrons. The average Bonchev–Trinajstić information content (AvgIpc) is 3.10. The van der Waals surface area contributed by atoms with Crippen LogP contribution < -0.4 is 9.47 Å². The molecule has 0 heterocycles. The molecule has 0 amide bonds. The van der Waals surface area contributed by atoms with E-state index in [2.05, 4.69) is 6.92 Å². The van der Waals surface area contributed by atoms with E-state index in [9.17, 15) is 0 Å². The van der Waals surface area contributed by atoms with E-state index in [1.165, 1.54) is 18.4 Å². The van der Waals surface area contributed by atoms with E-state index in [0.717, 1.165) is 11.5 Å². The minimum atomic E-state index is 0.710. The molecule has 0 saturated heterocycles. The maximum atomic E-state index is 5.66. The first-order valence-electron chi connectivity index (χ1n) is 5.24. The van der Waals surface area contributed by atoms with Crippen LogP contribution >= 0.6 is 0 Å². The molecule has 0 atom stereocenters. The van der Waals surface area contributed by atoms with E-state index < -0.39 is 0 Å². The second-order valence-electron chi connectivity index (χ2n) is 3.85. The van der Waals surface area contributed by atoms with Gasteiger partial charge in [0.05, 0.1) is 7.11 Å². The number of ether oxygens (including phenoxy) is 2. The normalized spacial score (nSPS) is 13.6. The molecule has 0 unspecified atom stereocenters. The van der Waals surface area contributed by atoms with Crippen molar-refractivity contribution in [3.8, 4) is 11.5 Å². The van der Waals surface area contributed by atoms with Gasteiger partial charge >= 0.3 is 0 Å². The van der Waals surface area contributed by atoms with Gasteiger partial charge in [-0.15, -0.1) is 0 Å². The summed E-state index contributed by atoms with van der Waals surface area (Å²) in [5, 5.41) is 0.